The number of halogens is 1. The molecule has 7 heteroatoms. The number of nitro benzene ring substituents is 1. The lowest BCUT2D eigenvalue weighted by molar-refractivity contribution is -0.384. The zero-order valence-corrected chi connectivity index (χ0v) is 19.5. The first kappa shape index (κ1) is 20.3. The van der Waals surface area contributed by atoms with Crippen molar-refractivity contribution in [2.24, 2.45) is 11.8 Å². The molecule has 33 heavy (non-hydrogen) atoms. The van der Waals surface area contributed by atoms with Crippen LogP contribution in [0.2, 0.25) is 0 Å². The van der Waals surface area contributed by atoms with Crippen molar-refractivity contribution < 1.29 is 14.5 Å². The fourth-order valence-corrected chi connectivity index (χ4v) is 7.23. The zero-order chi connectivity index (χ0) is 23.2. The molecule has 6 nitrogen and oxygen atoms in total. The average molecular weight is 503 g/mol. The number of anilines is 1. The van der Waals surface area contributed by atoms with E-state index in [1.54, 1.807) is 13.0 Å². The minimum absolute atomic E-state index is 0.0520. The summed E-state index contributed by atoms with van der Waals surface area (Å²) in [5, 5.41) is 11.9. The van der Waals surface area contributed by atoms with Crippen LogP contribution in [0.25, 0.3) is 0 Å². The van der Waals surface area contributed by atoms with Crippen LogP contribution in [0.5, 0.6) is 0 Å². The minimum Gasteiger partial charge on any atom is -0.274 e. The summed E-state index contributed by atoms with van der Waals surface area (Å²) in [5.41, 5.74) is 5.34. The van der Waals surface area contributed by atoms with E-state index in [1.165, 1.54) is 6.07 Å². The second-order valence-electron chi connectivity index (χ2n) is 9.06. The summed E-state index contributed by atoms with van der Waals surface area (Å²) in [6, 6.07) is 18.8. The van der Waals surface area contributed by atoms with Crippen molar-refractivity contribution in [1.29, 1.82) is 0 Å². The number of benzene rings is 3. The summed E-state index contributed by atoms with van der Waals surface area (Å²) in [6.45, 7) is 3.60. The first-order valence-electron chi connectivity index (χ1n) is 10.8. The Hall–Kier alpha value is -3.32. The number of nitrogens with zero attached hydrogens (tertiary/aromatic N) is 2. The molecule has 2 amide bonds. The fourth-order valence-electron chi connectivity index (χ4n) is 6.03. The fraction of sp³-hybridized carbons (Fsp3) is 0.231. The molecule has 0 spiro atoms. The molecule has 164 valence electrons. The van der Waals surface area contributed by atoms with Crippen LogP contribution in [0, 0.1) is 35.8 Å². The number of rotatable bonds is 2. The molecule has 0 N–H and O–H groups in total. The third kappa shape index (κ3) is 2.38. The zero-order valence-electron chi connectivity index (χ0n) is 17.9. The van der Waals surface area contributed by atoms with Crippen LogP contribution in [-0.4, -0.2) is 16.7 Å². The summed E-state index contributed by atoms with van der Waals surface area (Å²) in [4.78, 5) is 40.4. The monoisotopic (exact) mass is 502 g/mol. The molecule has 2 atom stereocenters. The van der Waals surface area contributed by atoms with E-state index in [4.69, 9.17) is 0 Å². The van der Waals surface area contributed by atoms with Gasteiger partial charge in [0.15, 0.2) is 0 Å². The lowest BCUT2D eigenvalue weighted by Crippen LogP contribution is -2.50. The highest BCUT2D eigenvalue weighted by atomic mass is 79.9. The van der Waals surface area contributed by atoms with Crippen molar-refractivity contribution in [3.8, 4) is 0 Å². The molecular formula is C26H19BrN2O4. The van der Waals surface area contributed by atoms with Gasteiger partial charge in [0.25, 0.3) is 5.69 Å². The van der Waals surface area contributed by atoms with Crippen LogP contribution in [0.1, 0.15) is 39.3 Å². The predicted molar refractivity (Wildman–Crippen MR) is 126 cm³/mol. The molecule has 7 rings (SSSR count). The lowest BCUT2D eigenvalue weighted by atomic mass is 9.55. The Morgan fingerprint density at radius 2 is 1.45 bits per heavy atom. The Morgan fingerprint density at radius 3 is 2.03 bits per heavy atom. The molecule has 1 heterocycles. The van der Waals surface area contributed by atoms with Crippen molar-refractivity contribution >= 4 is 39.1 Å². The molecule has 0 aromatic heterocycles. The Kier molecular flexibility index (Phi) is 4.06. The Balaban J connectivity index is 1.61. The van der Waals surface area contributed by atoms with Gasteiger partial charge in [0.2, 0.25) is 11.8 Å². The molecule has 3 aromatic rings. The predicted octanol–water partition coefficient (Wildman–Crippen LogP) is 5.11. The molecule has 4 aliphatic rings. The SMILES string of the molecule is Cc1cc(N2C(=O)[C@@H]3C4c5ccccc5C(Br)(c5ccccc54)[C@@H]3C2=O)c([N+](=O)[O-])cc1C. The molecule has 1 saturated heterocycles. The van der Waals surface area contributed by atoms with E-state index >= 15 is 0 Å². The highest BCUT2D eigenvalue weighted by Gasteiger charge is 2.68. The van der Waals surface area contributed by atoms with Crippen molar-refractivity contribution in [2.75, 3.05) is 4.90 Å². The number of hydrogen-bond donors (Lipinski definition) is 0. The number of aryl methyl sites for hydroxylation is 2. The standard InChI is InChI=1S/C26H19BrN2O4/c1-13-11-19(20(29(32)33)12-14(13)2)28-24(30)22-21-15-7-3-5-9-17(15)26(27,23(22)25(28)31)18-10-6-4-8-16(18)21/h3-12,21-23H,1-2H3/t21?,22-,23+,26?/m1/s1. The number of imide groups is 1. The molecular weight excluding hydrogens is 484 g/mol. The highest BCUT2D eigenvalue weighted by Crippen LogP contribution is 2.66. The van der Waals surface area contributed by atoms with Gasteiger partial charge >= 0.3 is 0 Å². The summed E-state index contributed by atoms with van der Waals surface area (Å²) in [6.07, 6.45) is 0. The largest absolute Gasteiger partial charge is 0.293 e. The van der Waals surface area contributed by atoms with E-state index < -0.39 is 27.0 Å². The second-order valence-corrected chi connectivity index (χ2v) is 10.3. The van der Waals surface area contributed by atoms with Crippen LogP contribution < -0.4 is 4.90 Å². The van der Waals surface area contributed by atoms with E-state index in [1.807, 2.05) is 55.5 Å². The van der Waals surface area contributed by atoms with Gasteiger partial charge in [-0.05, 0) is 53.3 Å². The molecule has 0 unspecified atom stereocenters. The molecule has 2 bridgehead atoms. The average Bonchev–Trinajstić information content (AvgIpc) is 3.07. The molecule has 3 aliphatic carbocycles. The van der Waals surface area contributed by atoms with E-state index in [0.29, 0.717) is 0 Å². The number of carbonyl (C=O) groups excluding carboxylic acids is 2. The number of nitro groups is 1. The summed E-state index contributed by atoms with van der Waals surface area (Å²) in [7, 11) is 0. The van der Waals surface area contributed by atoms with Crippen LogP contribution >= 0.6 is 15.9 Å². The van der Waals surface area contributed by atoms with Crippen molar-refractivity contribution in [1.82, 2.24) is 0 Å². The number of hydrogen-bond acceptors (Lipinski definition) is 4. The Labute approximate surface area is 198 Å². The summed E-state index contributed by atoms with van der Waals surface area (Å²) < 4.78 is -0.879. The normalized spacial score (nSPS) is 26.8. The highest BCUT2D eigenvalue weighted by molar-refractivity contribution is 9.09. The van der Waals surface area contributed by atoms with Gasteiger partial charge < -0.3 is 0 Å². The first-order valence-corrected chi connectivity index (χ1v) is 11.6. The van der Waals surface area contributed by atoms with E-state index in [0.717, 1.165) is 38.3 Å². The Morgan fingerprint density at radius 1 is 0.909 bits per heavy atom. The molecule has 0 saturated carbocycles. The van der Waals surface area contributed by atoms with E-state index in [9.17, 15) is 19.7 Å². The van der Waals surface area contributed by atoms with E-state index in [2.05, 4.69) is 15.9 Å². The smallest absolute Gasteiger partial charge is 0.274 e. The topological polar surface area (TPSA) is 80.5 Å². The van der Waals surface area contributed by atoms with Gasteiger partial charge in [0, 0.05) is 12.0 Å². The maximum absolute atomic E-state index is 14.0. The number of amides is 2. The second kappa shape index (κ2) is 6.60. The minimum atomic E-state index is -0.879. The van der Waals surface area contributed by atoms with Crippen LogP contribution in [-0.2, 0) is 13.9 Å². The summed E-state index contributed by atoms with van der Waals surface area (Å²) in [5.74, 6) is -2.39. The quantitative estimate of drug-likeness (QED) is 0.211. The van der Waals surface area contributed by atoms with Crippen LogP contribution in [0.15, 0.2) is 60.7 Å². The van der Waals surface area contributed by atoms with Crippen LogP contribution in [0.3, 0.4) is 0 Å². The van der Waals surface area contributed by atoms with Gasteiger partial charge in [-0.2, -0.15) is 0 Å². The van der Waals surface area contributed by atoms with Gasteiger partial charge in [-0.15, -0.1) is 0 Å². The maximum Gasteiger partial charge on any atom is 0.293 e. The summed E-state index contributed by atoms with van der Waals surface area (Å²) >= 11 is 3.95. The maximum atomic E-state index is 14.0. The van der Waals surface area contributed by atoms with Crippen LogP contribution in [0.4, 0.5) is 11.4 Å². The molecule has 1 fully saturated rings. The van der Waals surface area contributed by atoms with Crippen molar-refractivity contribution in [3.63, 3.8) is 0 Å². The van der Waals surface area contributed by atoms with Gasteiger partial charge in [0.1, 0.15) is 5.69 Å². The molecule has 1 aliphatic heterocycles. The number of alkyl halides is 1. The molecule has 3 aromatic carbocycles. The van der Waals surface area contributed by atoms with Gasteiger partial charge in [0.05, 0.1) is 21.1 Å². The molecule has 0 radical (unpaired) electrons. The first-order chi connectivity index (χ1) is 15.8. The Bertz CT molecular complexity index is 1370. The van der Waals surface area contributed by atoms with E-state index in [-0.39, 0.29) is 23.2 Å². The van der Waals surface area contributed by atoms with Gasteiger partial charge in [-0.3, -0.25) is 19.7 Å². The lowest BCUT2D eigenvalue weighted by Gasteiger charge is -2.51. The number of carbonyl (C=O) groups is 2. The third-order valence-electron chi connectivity index (χ3n) is 7.54. The van der Waals surface area contributed by atoms with Gasteiger partial charge in [-0.25, -0.2) is 4.90 Å². The third-order valence-corrected chi connectivity index (χ3v) is 8.89. The van der Waals surface area contributed by atoms with Crippen molar-refractivity contribution in [3.05, 3.63) is 104 Å². The van der Waals surface area contributed by atoms with Gasteiger partial charge in [-0.1, -0.05) is 64.5 Å². The van der Waals surface area contributed by atoms with Crippen molar-refractivity contribution in [2.45, 2.75) is 24.1 Å².